The predicted molar refractivity (Wildman–Crippen MR) is 127 cm³/mol. The maximum atomic E-state index is 5.80. The van der Waals surface area contributed by atoms with Gasteiger partial charge in [0.15, 0.2) is 5.96 Å². The van der Waals surface area contributed by atoms with E-state index in [2.05, 4.69) is 20.2 Å². The molecule has 3 heterocycles. The Hall–Kier alpha value is -2.07. The Morgan fingerprint density at radius 3 is 2.83 bits per heavy atom. The maximum absolute atomic E-state index is 5.80. The molecule has 2 saturated heterocycles. The van der Waals surface area contributed by atoms with E-state index >= 15 is 0 Å². The predicted octanol–water partition coefficient (Wildman–Crippen LogP) is 3.69. The Morgan fingerprint density at radius 1 is 1.27 bits per heavy atom. The molecule has 1 atom stereocenters. The molecule has 1 aromatic carbocycles. The third-order valence-electron chi connectivity index (χ3n) is 5.65. The van der Waals surface area contributed by atoms with Gasteiger partial charge in [0.25, 0.3) is 0 Å². The molecule has 1 aromatic heterocycles. The quantitative estimate of drug-likeness (QED) is 0.366. The van der Waals surface area contributed by atoms with Gasteiger partial charge in [-0.25, -0.2) is 4.98 Å². The molecule has 1 N–H and O–H groups in total. The number of hydrogen-bond acceptors (Lipinski definition) is 5. The lowest BCUT2D eigenvalue weighted by molar-refractivity contribution is 0.156. The van der Waals surface area contributed by atoms with Gasteiger partial charge in [0.1, 0.15) is 11.5 Å². The van der Waals surface area contributed by atoms with Crippen molar-refractivity contribution in [1.82, 2.24) is 15.2 Å². The van der Waals surface area contributed by atoms with E-state index < -0.39 is 0 Å². The number of hydrogen-bond donors (Lipinski definition) is 1. The van der Waals surface area contributed by atoms with Gasteiger partial charge in [-0.15, -0.1) is 24.0 Å². The number of nitrogens with one attached hydrogen (secondary N) is 1. The summed E-state index contributed by atoms with van der Waals surface area (Å²) in [5.41, 5.74) is 1.39. The number of ether oxygens (including phenoxy) is 3. The second-order valence-electron chi connectivity index (χ2n) is 7.66. The van der Waals surface area contributed by atoms with E-state index in [1.807, 2.05) is 49.6 Å². The summed E-state index contributed by atoms with van der Waals surface area (Å²) in [4.78, 5) is 11.2. The fourth-order valence-corrected chi connectivity index (χ4v) is 3.96. The Labute approximate surface area is 194 Å². The molecule has 7 nitrogen and oxygen atoms in total. The van der Waals surface area contributed by atoms with Crippen LogP contribution < -0.4 is 14.8 Å². The fourth-order valence-electron chi connectivity index (χ4n) is 3.96. The van der Waals surface area contributed by atoms with Crippen molar-refractivity contribution in [2.45, 2.75) is 19.4 Å². The van der Waals surface area contributed by atoms with E-state index in [1.165, 1.54) is 6.42 Å². The number of methoxy groups -OCH3 is 1. The molecule has 2 aliphatic rings. The lowest BCUT2D eigenvalue weighted by Crippen LogP contribution is -2.41. The zero-order valence-electron chi connectivity index (χ0n) is 17.5. The zero-order chi connectivity index (χ0) is 20.1. The van der Waals surface area contributed by atoms with Crippen LogP contribution in [0.5, 0.6) is 17.4 Å². The molecule has 2 fully saturated rings. The van der Waals surface area contributed by atoms with Crippen molar-refractivity contribution < 1.29 is 14.2 Å². The number of nitrogens with zero attached hydrogens (tertiary/aromatic N) is 3. The summed E-state index contributed by atoms with van der Waals surface area (Å²) in [6, 6.07) is 11.4. The van der Waals surface area contributed by atoms with Crippen molar-refractivity contribution in [3.63, 3.8) is 0 Å². The summed E-state index contributed by atoms with van der Waals surface area (Å²) in [6.07, 6.45) is 4.15. The molecule has 4 rings (SSSR count). The van der Waals surface area contributed by atoms with Crippen LogP contribution >= 0.6 is 24.0 Å². The van der Waals surface area contributed by atoms with Gasteiger partial charge in [-0.05, 0) is 30.5 Å². The van der Waals surface area contributed by atoms with Crippen molar-refractivity contribution in [3.05, 3.63) is 48.2 Å². The topological polar surface area (TPSA) is 68.2 Å². The Bertz CT molecular complexity index is 854. The largest absolute Gasteiger partial charge is 0.497 e. The highest BCUT2D eigenvalue weighted by molar-refractivity contribution is 14.0. The first-order valence-electron chi connectivity index (χ1n) is 10.00. The van der Waals surface area contributed by atoms with E-state index in [0.717, 1.165) is 50.0 Å². The first kappa shape index (κ1) is 22.6. The summed E-state index contributed by atoms with van der Waals surface area (Å²) in [7, 11) is 3.47. The van der Waals surface area contributed by atoms with Crippen molar-refractivity contribution in [1.29, 1.82) is 0 Å². The van der Waals surface area contributed by atoms with E-state index in [0.29, 0.717) is 23.6 Å². The monoisotopic (exact) mass is 524 g/mol. The molecular weight excluding hydrogens is 495 g/mol. The molecule has 0 bridgehead atoms. The highest BCUT2D eigenvalue weighted by Crippen LogP contribution is 2.38. The Morgan fingerprint density at radius 2 is 2.13 bits per heavy atom. The van der Waals surface area contributed by atoms with Crippen molar-refractivity contribution in [2.75, 3.05) is 40.5 Å². The minimum Gasteiger partial charge on any atom is -0.497 e. The van der Waals surface area contributed by atoms with Gasteiger partial charge < -0.3 is 24.4 Å². The molecule has 0 radical (unpaired) electrons. The third-order valence-corrected chi connectivity index (χ3v) is 5.65. The number of halogens is 1. The van der Waals surface area contributed by atoms with Crippen LogP contribution in [0.3, 0.4) is 0 Å². The van der Waals surface area contributed by atoms with Crippen LogP contribution in [-0.4, -0.2) is 56.3 Å². The number of rotatable bonds is 5. The minimum atomic E-state index is 0. The molecule has 1 unspecified atom stereocenters. The Kier molecular flexibility index (Phi) is 7.76. The van der Waals surface area contributed by atoms with Crippen LogP contribution in [0.25, 0.3) is 0 Å². The van der Waals surface area contributed by atoms with Crippen molar-refractivity contribution in [2.24, 2.45) is 10.4 Å². The van der Waals surface area contributed by atoms with E-state index in [1.54, 1.807) is 7.11 Å². The van der Waals surface area contributed by atoms with Crippen molar-refractivity contribution in [3.8, 4) is 17.4 Å². The maximum Gasteiger partial charge on any atom is 0.219 e. The Balaban J connectivity index is 0.00000256. The second kappa shape index (κ2) is 10.3. The lowest BCUT2D eigenvalue weighted by Gasteiger charge is -2.25. The fraction of sp³-hybridized carbons (Fsp3) is 0.455. The van der Waals surface area contributed by atoms with Crippen LogP contribution in [0.1, 0.15) is 18.4 Å². The third kappa shape index (κ3) is 5.34. The van der Waals surface area contributed by atoms with Gasteiger partial charge in [0.05, 0.1) is 13.7 Å². The van der Waals surface area contributed by atoms with Gasteiger partial charge in [-0.2, -0.15) is 0 Å². The number of likely N-dealkylation sites (tertiary alicyclic amines) is 1. The molecule has 0 saturated carbocycles. The standard InChI is InChI=1S/C22H28N4O3.HI/c1-23-21(26-10-8-22(15-26)9-11-28-16-22)25-14-17-6-7-20(24-13-17)29-19-5-3-4-18(12-19)27-2;/h3-7,12-13H,8-11,14-16H2,1-2H3,(H,23,25);1H. The molecule has 2 aliphatic heterocycles. The van der Waals surface area contributed by atoms with Gasteiger partial charge in [-0.1, -0.05) is 12.1 Å². The zero-order valence-corrected chi connectivity index (χ0v) is 19.8. The molecule has 8 heteroatoms. The molecule has 0 aliphatic carbocycles. The molecule has 30 heavy (non-hydrogen) atoms. The average Bonchev–Trinajstić information content (AvgIpc) is 3.40. The van der Waals surface area contributed by atoms with Crippen LogP contribution in [0.4, 0.5) is 0 Å². The molecule has 2 aromatic rings. The minimum absolute atomic E-state index is 0. The average molecular weight is 524 g/mol. The van der Waals surface area contributed by atoms with Crippen LogP contribution in [-0.2, 0) is 11.3 Å². The summed E-state index contributed by atoms with van der Waals surface area (Å²) in [5, 5.41) is 3.46. The molecule has 0 amide bonds. The van der Waals surface area contributed by atoms with Gasteiger partial charge >= 0.3 is 0 Å². The second-order valence-corrected chi connectivity index (χ2v) is 7.66. The van der Waals surface area contributed by atoms with Gasteiger partial charge in [0.2, 0.25) is 5.88 Å². The summed E-state index contributed by atoms with van der Waals surface area (Å²) in [6.45, 7) is 4.46. The summed E-state index contributed by atoms with van der Waals surface area (Å²) in [5.74, 6) is 2.93. The highest BCUT2D eigenvalue weighted by atomic mass is 127. The summed E-state index contributed by atoms with van der Waals surface area (Å²) < 4.78 is 16.6. The van der Waals surface area contributed by atoms with Crippen LogP contribution in [0, 0.1) is 5.41 Å². The number of aromatic nitrogens is 1. The van der Waals surface area contributed by atoms with E-state index in [9.17, 15) is 0 Å². The molecule has 1 spiro atoms. The number of guanidine groups is 1. The molecule has 162 valence electrons. The lowest BCUT2D eigenvalue weighted by atomic mass is 9.87. The van der Waals surface area contributed by atoms with Crippen LogP contribution in [0.15, 0.2) is 47.6 Å². The first-order chi connectivity index (χ1) is 14.2. The molecular formula is C22H29IN4O3. The number of aliphatic imine (C=N–C) groups is 1. The van der Waals surface area contributed by atoms with E-state index in [-0.39, 0.29) is 24.0 Å². The normalized spacial score (nSPS) is 20.9. The smallest absolute Gasteiger partial charge is 0.219 e. The summed E-state index contributed by atoms with van der Waals surface area (Å²) >= 11 is 0. The van der Waals surface area contributed by atoms with Crippen LogP contribution in [0.2, 0.25) is 0 Å². The SMILES string of the molecule is CN=C(NCc1ccc(Oc2cccc(OC)c2)nc1)N1CCC2(CCOC2)C1.I. The van der Waals surface area contributed by atoms with Gasteiger partial charge in [0, 0.05) is 57.0 Å². The number of benzene rings is 1. The number of pyridine rings is 1. The van der Waals surface area contributed by atoms with Gasteiger partial charge in [-0.3, -0.25) is 4.99 Å². The first-order valence-corrected chi connectivity index (χ1v) is 10.00. The van der Waals surface area contributed by atoms with Crippen molar-refractivity contribution >= 4 is 29.9 Å². The van der Waals surface area contributed by atoms with E-state index in [4.69, 9.17) is 14.2 Å². The highest BCUT2D eigenvalue weighted by Gasteiger charge is 2.42.